The molecule has 0 N–H and O–H groups in total. The van der Waals surface area contributed by atoms with Crippen molar-refractivity contribution in [3.63, 3.8) is 0 Å². The standard InChI is InChI=1S/C39H36O6/c1-39(2,27-44-35-19-11-31(12-20-35)5-3-29-7-15-33(16-8-29)40-23-37-25-42-37)28-45-36-21-13-32(14-22-36)6-4-30-9-17-34(18-10-30)41-24-38-26-43-38/h7-22,37-38H,23-28H2,1-2H3. The smallest absolute Gasteiger partial charge is 0.119 e. The van der Waals surface area contributed by atoms with Gasteiger partial charge in [-0.15, -0.1) is 0 Å². The summed E-state index contributed by atoms with van der Waals surface area (Å²) in [5.41, 5.74) is 3.52. The Balaban J connectivity index is 0.923. The van der Waals surface area contributed by atoms with E-state index in [1.54, 1.807) is 0 Å². The topological polar surface area (TPSA) is 62.0 Å². The van der Waals surface area contributed by atoms with Crippen LogP contribution in [0.2, 0.25) is 0 Å². The highest BCUT2D eigenvalue weighted by atomic mass is 16.6. The molecule has 0 spiro atoms. The molecule has 228 valence electrons. The number of benzene rings is 4. The Bertz CT molecular complexity index is 1530. The van der Waals surface area contributed by atoms with Crippen molar-refractivity contribution in [2.45, 2.75) is 26.1 Å². The van der Waals surface area contributed by atoms with Crippen molar-refractivity contribution in [3.05, 3.63) is 119 Å². The Morgan fingerprint density at radius 1 is 0.489 bits per heavy atom. The van der Waals surface area contributed by atoms with Crippen LogP contribution in [0, 0.1) is 29.1 Å². The molecule has 4 aromatic carbocycles. The number of epoxide rings is 2. The highest BCUT2D eigenvalue weighted by Gasteiger charge is 2.23. The number of rotatable bonds is 12. The summed E-state index contributed by atoms with van der Waals surface area (Å²) >= 11 is 0. The lowest BCUT2D eigenvalue weighted by Gasteiger charge is -2.25. The molecule has 0 radical (unpaired) electrons. The van der Waals surface area contributed by atoms with Crippen LogP contribution >= 0.6 is 0 Å². The minimum absolute atomic E-state index is 0.194. The highest BCUT2D eigenvalue weighted by Crippen LogP contribution is 2.22. The zero-order chi connectivity index (χ0) is 30.9. The summed E-state index contributed by atoms with van der Waals surface area (Å²) in [5, 5.41) is 0. The fourth-order valence-corrected chi connectivity index (χ4v) is 4.13. The molecule has 2 saturated heterocycles. The summed E-state index contributed by atoms with van der Waals surface area (Å²) in [6, 6.07) is 31.3. The van der Waals surface area contributed by atoms with Crippen LogP contribution in [0.4, 0.5) is 0 Å². The normalized spacial score (nSPS) is 16.3. The summed E-state index contributed by atoms with van der Waals surface area (Å²) in [4.78, 5) is 0. The molecule has 2 aliphatic heterocycles. The minimum Gasteiger partial charge on any atom is -0.493 e. The molecule has 45 heavy (non-hydrogen) atoms. The van der Waals surface area contributed by atoms with E-state index in [1.165, 1.54) is 0 Å². The molecule has 0 amide bonds. The molecule has 2 atom stereocenters. The summed E-state index contributed by atoms with van der Waals surface area (Å²) in [6.45, 7) is 8.05. The van der Waals surface area contributed by atoms with Crippen molar-refractivity contribution in [1.29, 1.82) is 0 Å². The van der Waals surface area contributed by atoms with Gasteiger partial charge in [0.1, 0.15) is 48.4 Å². The molecule has 0 aromatic heterocycles. The van der Waals surface area contributed by atoms with Crippen LogP contribution in [0.5, 0.6) is 23.0 Å². The van der Waals surface area contributed by atoms with Crippen LogP contribution in [-0.4, -0.2) is 51.8 Å². The van der Waals surface area contributed by atoms with Gasteiger partial charge in [0.15, 0.2) is 0 Å². The number of ether oxygens (including phenoxy) is 6. The van der Waals surface area contributed by atoms with E-state index in [4.69, 9.17) is 28.4 Å². The second-order valence-electron chi connectivity index (χ2n) is 11.9. The van der Waals surface area contributed by atoms with Crippen molar-refractivity contribution in [2.75, 3.05) is 39.6 Å². The Kier molecular flexibility index (Phi) is 9.56. The van der Waals surface area contributed by atoms with Gasteiger partial charge < -0.3 is 28.4 Å². The average Bonchev–Trinajstić information content (AvgIpc) is 4.01. The van der Waals surface area contributed by atoms with Crippen LogP contribution in [-0.2, 0) is 9.47 Å². The quantitative estimate of drug-likeness (QED) is 0.136. The molecular formula is C39H36O6. The van der Waals surface area contributed by atoms with E-state index in [2.05, 4.69) is 37.5 Å². The molecule has 0 saturated carbocycles. The maximum absolute atomic E-state index is 6.08. The second kappa shape index (κ2) is 14.3. The van der Waals surface area contributed by atoms with Crippen LogP contribution in [0.3, 0.4) is 0 Å². The van der Waals surface area contributed by atoms with Crippen molar-refractivity contribution in [1.82, 2.24) is 0 Å². The molecule has 2 heterocycles. The second-order valence-corrected chi connectivity index (χ2v) is 11.9. The number of hydrogen-bond acceptors (Lipinski definition) is 6. The fourth-order valence-electron chi connectivity index (χ4n) is 4.13. The molecule has 2 aliphatic rings. The fraction of sp³-hybridized carbons (Fsp3) is 0.282. The predicted molar refractivity (Wildman–Crippen MR) is 173 cm³/mol. The van der Waals surface area contributed by atoms with Gasteiger partial charge in [-0.3, -0.25) is 0 Å². The van der Waals surface area contributed by atoms with Crippen LogP contribution in [0.15, 0.2) is 97.1 Å². The Labute approximate surface area is 265 Å². The monoisotopic (exact) mass is 600 g/mol. The van der Waals surface area contributed by atoms with E-state index in [-0.39, 0.29) is 17.6 Å². The molecule has 2 unspecified atom stereocenters. The van der Waals surface area contributed by atoms with Crippen LogP contribution < -0.4 is 18.9 Å². The summed E-state index contributed by atoms with van der Waals surface area (Å²) in [7, 11) is 0. The van der Waals surface area contributed by atoms with Gasteiger partial charge in [0.05, 0.1) is 26.4 Å². The first kappa shape index (κ1) is 30.2. The lowest BCUT2D eigenvalue weighted by molar-refractivity contribution is 0.110. The lowest BCUT2D eigenvalue weighted by Crippen LogP contribution is -2.28. The molecular weight excluding hydrogens is 564 g/mol. The van der Waals surface area contributed by atoms with Gasteiger partial charge >= 0.3 is 0 Å². The van der Waals surface area contributed by atoms with Crippen molar-refractivity contribution in [2.24, 2.45) is 5.41 Å². The lowest BCUT2D eigenvalue weighted by atomic mass is 9.96. The Morgan fingerprint density at radius 2 is 0.756 bits per heavy atom. The van der Waals surface area contributed by atoms with Crippen molar-refractivity contribution >= 4 is 0 Å². The molecule has 0 aliphatic carbocycles. The molecule has 6 rings (SSSR count). The average molecular weight is 601 g/mol. The first-order valence-electron chi connectivity index (χ1n) is 15.1. The Morgan fingerprint density at radius 3 is 1.02 bits per heavy atom. The summed E-state index contributed by atoms with van der Waals surface area (Å²) in [6.07, 6.45) is 0.492. The van der Waals surface area contributed by atoms with Gasteiger partial charge in [-0.1, -0.05) is 37.5 Å². The molecule has 6 nitrogen and oxygen atoms in total. The van der Waals surface area contributed by atoms with Gasteiger partial charge in [0, 0.05) is 27.7 Å². The summed E-state index contributed by atoms with van der Waals surface area (Å²) < 4.78 is 33.9. The minimum atomic E-state index is -0.194. The molecule has 0 bridgehead atoms. The Hall–Kier alpha value is -4.88. The predicted octanol–water partition coefficient (Wildman–Crippen LogP) is 6.53. The third kappa shape index (κ3) is 10.1. The third-order valence-corrected chi connectivity index (χ3v) is 7.06. The van der Waals surface area contributed by atoms with E-state index in [9.17, 15) is 0 Å². The largest absolute Gasteiger partial charge is 0.493 e. The summed E-state index contributed by atoms with van der Waals surface area (Å²) in [5.74, 6) is 16.1. The first-order valence-corrected chi connectivity index (χ1v) is 15.1. The molecule has 6 heteroatoms. The van der Waals surface area contributed by atoms with Gasteiger partial charge in [-0.05, 0) is 97.1 Å². The van der Waals surface area contributed by atoms with Crippen molar-refractivity contribution < 1.29 is 28.4 Å². The molecule has 2 fully saturated rings. The van der Waals surface area contributed by atoms with Gasteiger partial charge in [0.25, 0.3) is 0 Å². The third-order valence-electron chi connectivity index (χ3n) is 7.06. The van der Waals surface area contributed by atoms with E-state index < -0.39 is 0 Å². The molecule has 4 aromatic rings. The van der Waals surface area contributed by atoms with Gasteiger partial charge in [0.2, 0.25) is 0 Å². The van der Waals surface area contributed by atoms with Gasteiger partial charge in [-0.2, -0.15) is 0 Å². The van der Waals surface area contributed by atoms with Crippen LogP contribution in [0.25, 0.3) is 0 Å². The van der Waals surface area contributed by atoms with E-state index >= 15 is 0 Å². The SMILES string of the molecule is CC(C)(COc1ccc(C#Cc2ccc(OCC3CO3)cc2)cc1)COc1ccc(C#Cc2ccc(OCC3CO3)cc2)cc1. The number of hydrogen-bond donors (Lipinski definition) is 0. The van der Waals surface area contributed by atoms with E-state index in [0.717, 1.165) is 58.5 Å². The maximum atomic E-state index is 6.08. The zero-order valence-electron chi connectivity index (χ0n) is 25.6. The van der Waals surface area contributed by atoms with E-state index in [1.807, 2.05) is 97.1 Å². The van der Waals surface area contributed by atoms with E-state index in [0.29, 0.717) is 26.4 Å². The van der Waals surface area contributed by atoms with Crippen molar-refractivity contribution in [3.8, 4) is 46.7 Å². The van der Waals surface area contributed by atoms with Crippen LogP contribution in [0.1, 0.15) is 36.1 Å². The zero-order valence-corrected chi connectivity index (χ0v) is 25.6. The van der Waals surface area contributed by atoms with Gasteiger partial charge in [-0.25, -0.2) is 0 Å². The first-order chi connectivity index (χ1) is 22.0. The maximum Gasteiger partial charge on any atom is 0.119 e. The highest BCUT2D eigenvalue weighted by molar-refractivity contribution is 5.46.